The van der Waals surface area contributed by atoms with Crippen molar-refractivity contribution in [2.24, 2.45) is 5.73 Å². The van der Waals surface area contributed by atoms with Gasteiger partial charge in [0.15, 0.2) is 0 Å². The van der Waals surface area contributed by atoms with Gasteiger partial charge in [-0.15, -0.1) is 11.3 Å². The van der Waals surface area contributed by atoms with Crippen molar-refractivity contribution in [3.63, 3.8) is 0 Å². The Morgan fingerprint density at radius 2 is 2.45 bits per heavy atom. The van der Waals surface area contributed by atoms with Gasteiger partial charge in [0.2, 0.25) is 5.91 Å². The molecule has 6 heteroatoms. The van der Waals surface area contributed by atoms with E-state index in [1.807, 2.05) is 17.6 Å². The van der Waals surface area contributed by atoms with Crippen LogP contribution >= 0.6 is 11.3 Å². The summed E-state index contributed by atoms with van der Waals surface area (Å²) >= 11 is 1.67. The van der Waals surface area contributed by atoms with E-state index in [1.165, 1.54) is 0 Å². The lowest BCUT2D eigenvalue weighted by Gasteiger charge is -2.15. The van der Waals surface area contributed by atoms with Crippen LogP contribution in [0.25, 0.3) is 10.7 Å². The summed E-state index contributed by atoms with van der Waals surface area (Å²) in [6.07, 6.45) is 6.73. The maximum atomic E-state index is 11.5. The fourth-order valence-electron chi connectivity index (χ4n) is 2.23. The Morgan fingerprint density at radius 3 is 3.10 bits per heavy atom. The van der Waals surface area contributed by atoms with Crippen LogP contribution in [0.4, 0.5) is 0 Å². The second-order valence-electron chi connectivity index (χ2n) is 5.11. The van der Waals surface area contributed by atoms with E-state index < -0.39 is 0 Å². The van der Waals surface area contributed by atoms with Gasteiger partial charge in [-0.25, -0.2) is 4.98 Å². The Balaban J connectivity index is 1.65. The predicted octanol–water partition coefficient (Wildman–Crippen LogP) is 1.61. The van der Waals surface area contributed by atoms with Gasteiger partial charge < -0.3 is 15.6 Å². The van der Waals surface area contributed by atoms with E-state index >= 15 is 0 Å². The van der Waals surface area contributed by atoms with E-state index in [4.69, 9.17) is 5.73 Å². The summed E-state index contributed by atoms with van der Waals surface area (Å²) < 4.78 is 2.08. The van der Waals surface area contributed by atoms with Crippen LogP contribution in [0, 0.1) is 0 Å². The molecule has 1 unspecified atom stereocenters. The molecule has 0 saturated heterocycles. The molecule has 1 fully saturated rings. The molecule has 1 saturated carbocycles. The van der Waals surface area contributed by atoms with Crippen molar-refractivity contribution in [1.29, 1.82) is 0 Å². The number of aromatic nitrogens is 2. The number of nitrogens with zero attached hydrogens (tertiary/aromatic N) is 2. The summed E-state index contributed by atoms with van der Waals surface area (Å²) in [6, 6.07) is 4.30. The number of imidazole rings is 1. The van der Waals surface area contributed by atoms with Crippen molar-refractivity contribution in [3.8, 4) is 10.7 Å². The topological polar surface area (TPSA) is 72.9 Å². The molecule has 0 aliphatic heterocycles. The van der Waals surface area contributed by atoms with Crippen molar-refractivity contribution in [1.82, 2.24) is 14.9 Å². The quantitative estimate of drug-likeness (QED) is 0.813. The zero-order valence-corrected chi connectivity index (χ0v) is 12.0. The number of hydrogen-bond acceptors (Lipinski definition) is 4. The molecule has 2 aromatic rings. The van der Waals surface area contributed by atoms with Gasteiger partial charge in [0.25, 0.3) is 0 Å². The smallest absolute Gasteiger partial charge is 0.234 e. The highest BCUT2D eigenvalue weighted by Crippen LogP contribution is 2.24. The van der Waals surface area contributed by atoms with Gasteiger partial charge in [0.1, 0.15) is 5.82 Å². The first-order chi connectivity index (χ1) is 9.74. The number of carbonyl (C=O) groups is 1. The first kappa shape index (κ1) is 13.3. The summed E-state index contributed by atoms with van der Waals surface area (Å²) in [5.41, 5.74) is 5.46. The molecule has 0 bridgehead atoms. The molecule has 2 aromatic heterocycles. The van der Waals surface area contributed by atoms with Crippen LogP contribution < -0.4 is 11.1 Å². The second kappa shape index (κ2) is 5.76. The molecule has 3 N–H and O–H groups in total. The minimum atomic E-state index is -0.269. The maximum Gasteiger partial charge on any atom is 0.234 e. The third kappa shape index (κ3) is 3.08. The molecular weight excluding hydrogens is 272 g/mol. The first-order valence-electron chi connectivity index (χ1n) is 6.84. The average Bonchev–Trinajstić information content (AvgIpc) is 2.93. The van der Waals surface area contributed by atoms with E-state index in [2.05, 4.69) is 20.9 Å². The number of hydrogen-bond donors (Lipinski definition) is 2. The normalized spacial score (nSPS) is 16.2. The number of rotatable bonds is 7. The number of aryl methyl sites for hydroxylation is 1. The fourth-order valence-corrected chi connectivity index (χ4v) is 2.97. The van der Waals surface area contributed by atoms with Crippen LogP contribution in [0.15, 0.2) is 29.9 Å². The number of thiophene rings is 1. The molecule has 2 heterocycles. The largest absolute Gasteiger partial charge is 0.368 e. The second-order valence-corrected chi connectivity index (χ2v) is 6.05. The van der Waals surface area contributed by atoms with Gasteiger partial charge in [-0.2, -0.15) is 0 Å². The standard InChI is InChI=1S/C14H18N4OS/c15-13(19)11(17-10-3-4-10)5-7-18-8-6-16-14(18)12-2-1-9-20-12/h1-2,6,8-11,17H,3-5,7H2,(H2,15,19). The van der Waals surface area contributed by atoms with Gasteiger partial charge in [0, 0.05) is 25.0 Å². The predicted molar refractivity (Wildman–Crippen MR) is 79.3 cm³/mol. The lowest BCUT2D eigenvalue weighted by molar-refractivity contribution is -0.120. The third-order valence-electron chi connectivity index (χ3n) is 3.47. The number of primary amides is 1. The molecule has 20 heavy (non-hydrogen) atoms. The van der Waals surface area contributed by atoms with Crippen molar-refractivity contribution in [2.75, 3.05) is 0 Å². The average molecular weight is 290 g/mol. The van der Waals surface area contributed by atoms with Crippen LogP contribution in [0.2, 0.25) is 0 Å². The number of carbonyl (C=O) groups excluding carboxylic acids is 1. The Labute approximate surface area is 121 Å². The maximum absolute atomic E-state index is 11.5. The Morgan fingerprint density at radius 1 is 1.60 bits per heavy atom. The summed E-state index contributed by atoms with van der Waals surface area (Å²) in [5.74, 6) is 0.685. The van der Waals surface area contributed by atoms with Gasteiger partial charge in [0.05, 0.1) is 10.9 Å². The number of amides is 1. The Hall–Kier alpha value is -1.66. The van der Waals surface area contributed by atoms with Gasteiger partial charge >= 0.3 is 0 Å². The van der Waals surface area contributed by atoms with Crippen molar-refractivity contribution < 1.29 is 4.79 Å². The highest BCUT2D eigenvalue weighted by molar-refractivity contribution is 7.13. The van der Waals surface area contributed by atoms with E-state index in [-0.39, 0.29) is 11.9 Å². The fraction of sp³-hybridized carbons (Fsp3) is 0.429. The van der Waals surface area contributed by atoms with Crippen LogP contribution in [-0.4, -0.2) is 27.5 Å². The minimum Gasteiger partial charge on any atom is -0.368 e. The summed E-state index contributed by atoms with van der Waals surface area (Å²) in [5, 5.41) is 5.34. The Kier molecular flexibility index (Phi) is 3.84. The molecule has 1 aliphatic carbocycles. The van der Waals surface area contributed by atoms with Crippen molar-refractivity contribution >= 4 is 17.2 Å². The molecular formula is C14H18N4OS. The molecule has 106 valence electrons. The van der Waals surface area contributed by atoms with Gasteiger partial charge in [-0.1, -0.05) is 6.07 Å². The summed E-state index contributed by atoms with van der Waals surface area (Å²) in [7, 11) is 0. The zero-order chi connectivity index (χ0) is 13.9. The van der Waals surface area contributed by atoms with Crippen molar-refractivity contribution in [3.05, 3.63) is 29.9 Å². The SMILES string of the molecule is NC(=O)C(CCn1ccnc1-c1cccs1)NC1CC1. The highest BCUT2D eigenvalue weighted by Gasteiger charge is 2.27. The summed E-state index contributed by atoms with van der Waals surface area (Å²) in [4.78, 5) is 17.0. The van der Waals surface area contributed by atoms with Crippen molar-refractivity contribution in [2.45, 2.75) is 37.9 Å². The molecule has 3 rings (SSSR count). The van der Waals surface area contributed by atoms with E-state index in [0.717, 1.165) is 30.1 Å². The number of nitrogens with two attached hydrogens (primary N) is 1. The molecule has 1 aliphatic rings. The molecule has 1 atom stereocenters. The van der Waals surface area contributed by atoms with E-state index in [1.54, 1.807) is 17.5 Å². The minimum absolute atomic E-state index is 0.249. The van der Waals surface area contributed by atoms with Crippen LogP contribution in [-0.2, 0) is 11.3 Å². The van der Waals surface area contributed by atoms with E-state index in [9.17, 15) is 4.79 Å². The van der Waals surface area contributed by atoms with Crippen LogP contribution in [0.1, 0.15) is 19.3 Å². The van der Waals surface area contributed by atoms with E-state index in [0.29, 0.717) is 12.5 Å². The highest BCUT2D eigenvalue weighted by atomic mass is 32.1. The lowest BCUT2D eigenvalue weighted by atomic mass is 10.2. The summed E-state index contributed by atoms with van der Waals surface area (Å²) in [6.45, 7) is 0.737. The lowest BCUT2D eigenvalue weighted by Crippen LogP contribution is -2.43. The third-order valence-corrected chi connectivity index (χ3v) is 4.34. The van der Waals surface area contributed by atoms with Gasteiger partial charge in [-0.3, -0.25) is 4.79 Å². The van der Waals surface area contributed by atoms with Crippen LogP contribution in [0.3, 0.4) is 0 Å². The molecule has 1 amide bonds. The molecule has 5 nitrogen and oxygen atoms in total. The monoisotopic (exact) mass is 290 g/mol. The molecule has 0 aromatic carbocycles. The zero-order valence-electron chi connectivity index (χ0n) is 11.2. The first-order valence-corrected chi connectivity index (χ1v) is 7.72. The van der Waals surface area contributed by atoms with Crippen LogP contribution in [0.5, 0.6) is 0 Å². The Bertz CT molecular complexity index is 574. The number of nitrogens with one attached hydrogen (secondary N) is 1. The molecule has 0 spiro atoms. The van der Waals surface area contributed by atoms with Gasteiger partial charge in [-0.05, 0) is 30.7 Å². The molecule has 0 radical (unpaired) electrons.